The molecule has 2 N–H and O–H groups in total. The zero-order valence-corrected chi connectivity index (χ0v) is 14.2. The SMILES string of the molecule is Cc1cc(C)c(CC(C)(N)c2ccc(C)c(C)c2)c(C)c1. The van der Waals surface area contributed by atoms with Crippen molar-refractivity contribution in [3.8, 4) is 0 Å². The van der Waals surface area contributed by atoms with Crippen LogP contribution in [0.1, 0.15) is 45.9 Å². The Morgan fingerprint density at radius 1 is 0.810 bits per heavy atom. The minimum atomic E-state index is -0.344. The second kappa shape index (κ2) is 5.65. The summed E-state index contributed by atoms with van der Waals surface area (Å²) in [4.78, 5) is 0. The molecular formula is C20H27N. The van der Waals surface area contributed by atoms with Crippen molar-refractivity contribution in [3.05, 3.63) is 69.3 Å². The molecule has 2 rings (SSSR count). The lowest BCUT2D eigenvalue weighted by molar-refractivity contribution is 0.488. The minimum Gasteiger partial charge on any atom is -0.321 e. The zero-order valence-electron chi connectivity index (χ0n) is 14.2. The Morgan fingerprint density at radius 3 is 1.90 bits per heavy atom. The Morgan fingerprint density at radius 2 is 1.38 bits per heavy atom. The van der Waals surface area contributed by atoms with Gasteiger partial charge in [0.1, 0.15) is 0 Å². The third-order valence-corrected chi connectivity index (χ3v) is 4.55. The third kappa shape index (κ3) is 3.36. The van der Waals surface area contributed by atoms with Crippen LogP contribution in [0, 0.1) is 34.6 Å². The molecule has 0 aromatic heterocycles. The molecule has 0 aliphatic carbocycles. The van der Waals surface area contributed by atoms with E-state index in [0.29, 0.717) is 0 Å². The monoisotopic (exact) mass is 281 g/mol. The van der Waals surface area contributed by atoms with Gasteiger partial charge in [-0.05, 0) is 81.3 Å². The first-order chi connectivity index (χ1) is 9.70. The third-order valence-electron chi connectivity index (χ3n) is 4.55. The van der Waals surface area contributed by atoms with Crippen LogP contribution in [0.5, 0.6) is 0 Å². The van der Waals surface area contributed by atoms with E-state index in [1.54, 1.807) is 0 Å². The predicted molar refractivity (Wildman–Crippen MR) is 91.8 cm³/mol. The Labute approximate surface area is 129 Å². The van der Waals surface area contributed by atoms with Crippen LogP contribution in [-0.2, 0) is 12.0 Å². The van der Waals surface area contributed by atoms with Gasteiger partial charge in [-0.15, -0.1) is 0 Å². The molecule has 1 heteroatoms. The van der Waals surface area contributed by atoms with Crippen LogP contribution in [-0.4, -0.2) is 0 Å². The molecule has 1 unspecified atom stereocenters. The molecule has 0 bridgehead atoms. The maximum Gasteiger partial charge on any atom is 0.0422 e. The molecule has 21 heavy (non-hydrogen) atoms. The first kappa shape index (κ1) is 15.8. The lowest BCUT2D eigenvalue weighted by Crippen LogP contribution is -2.36. The molecule has 2 aromatic carbocycles. The first-order valence-electron chi connectivity index (χ1n) is 7.64. The summed E-state index contributed by atoms with van der Waals surface area (Å²) in [5, 5.41) is 0. The van der Waals surface area contributed by atoms with Crippen molar-refractivity contribution in [2.24, 2.45) is 5.73 Å². The summed E-state index contributed by atoms with van der Waals surface area (Å²) in [6.45, 7) is 12.9. The normalized spacial score (nSPS) is 14.0. The van der Waals surface area contributed by atoms with Crippen LogP contribution in [0.2, 0.25) is 0 Å². The quantitative estimate of drug-likeness (QED) is 0.871. The van der Waals surface area contributed by atoms with E-state index in [1.807, 2.05) is 0 Å². The van der Waals surface area contributed by atoms with Crippen LogP contribution < -0.4 is 5.73 Å². The van der Waals surface area contributed by atoms with Gasteiger partial charge >= 0.3 is 0 Å². The van der Waals surface area contributed by atoms with E-state index < -0.39 is 0 Å². The molecule has 0 radical (unpaired) electrons. The maximum atomic E-state index is 6.66. The highest BCUT2D eigenvalue weighted by Gasteiger charge is 2.23. The average Bonchev–Trinajstić information content (AvgIpc) is 2.37. The van der Waals surface area contributed by atoms with Gasteiger partial charge < -0.3 is 5.73 Å². The van der Waals surface area contributed by atoms with Gasteiger partial charge in [-0.25, -0.2) is 0 Å². The Hall–Kier alpha value is -1.60. The summed E-state index contributed by atoms with van der Waals surface area (Å²) in [5.41, 5.74) is 15.5. The number of nitrogens with two attached hydrogens (primary N) is 1. The lowest BCUT2D eigenvalue weighted by atomic mass is 9.82. The second-order valence-corrected chi connectivity index (χ2v) is 6.77. The molecule has 2 aromatic rings. The van der Waals surface area contributed by atoms with Gasteiger partial charge in [0.15, 0.2) is 0 Å². The van der Waals surface area contributed by atoms with Gasteiger partial charge in [-0.2, -0.15) is 0 Å². The van der Waals surface area contributed by atoms with Crippen LogP contribution in [0.3, 0.4) is 0 Å². The standard InChI is InChI=1S/C20H27N/c1-13-9-16(4)19(17(5)10-13)12-20(6,21)18-8-7-14(2)15(3)11-18/h7-11H,12,21H2,1-6H3. The summed E-state index contributed by atoms with van der Waals surface area (Å²) in [6, 6.07) is 11.1. The fourth-order valence-corrected chi connectivity index (χ4v) is 3.05. The molecular weight excluding hydrogens is 254 g/mol. The summed E-state index contributed by atoms with van der Waals surface area (Å²) in [5.74, 6) is 0. The van der Waals surface area contributed by atoms with Gasteiger partial charge in [-0.1, -0.05) is 35.9 Å². The lowest BCUT2D eigenvalue weighted by Gasteiger charge is -2.28. The van der Waals surface area contributed by atoms with Gasteiger partial charge in [-0.3, -0.25) is 0 Å². The highest BCUT2D eigenvalue weighted by atomic mass is 14.7. The van der Waals surface area contributed by atoms with Crippen molar-refractivity contribution in [2.45, 2.75) is 53.5 Å². The predicted octanol–water partition coefficient (Wildman–Crippen LogP) is 4.65. The Bertz CT molecular complexity index is 643. The summed E-state index contributed by atoms with van der Waals surface area (Å²) in [6.07, 6.45) is 0.868. The van der Waals surface area contributed by atoms with E-state index in [0.717, 1.165) is 6.42 Å². The van der Waals surface area contributed by atoms with Crippen molar-refractivity contribution < 1.29 is 0 Å². The second-order valence-electron chi connectivity index (χ2n) is 6.77. The number of rotatable bonds is 3. The topological polar surface area (TPSA) is 26.0 Å². The van der Waals surface area contributed by atoms with Crippen LogP contribution in [0.4, 0.5) is 0 Å². The molecule has 0 spiro atoms. The molecule has 112 valence electrons. The van der Waals surface area contributed by atoms with E-state index in [2.05, 4.69) is 71.9 Å². The van der Waals surface area contributed by atoms with E-state index >= 15 is 0 Å². The zero-order chi connectivity index (χ0) is 15.8. The fourth-order valence-electron chi connectivity index (χ4n) is 3.05. The van der Waals surface area contributed by atoms with Crippen LogP contribution in [0.25, 0.3) is 0 Å². The minimum absolute atomic E-state index is 0.344. The van der Waals surface area contributed by atoms with Crippen LogP contribution >= 0.6 is 0 Å². The smallest absolute Gasteiger partial charge is 0.0422 e. The van der Waals surface area contributed by atoms with Gasteiger partial charge in [0.05, 0.1) is 0 Å². The number of hydrogen-bond donors (Lipinski definition) is 1. The largest absolute Gasteiger partial charge is 0.321 e. The molecule has 1 atom stereocenters. The van der Waals surface area contributed by atoms with E-state index in [-0.39, 0.29) is 5.54 Å². The molecule has 1 nitrogen and oxygen atoms in total. The fraction of sp³-hybridized carbons (Fsp3) is 0.400. The highest BCUT2D eigenvalue weighted by Crippen LogP contribution is 2.28. The Balaban J connectivity index is 2.39. The summed E-state index contributed by atoms with van der Waals surface area (Å²) >= 11 is 0. The molecule has 0 saturated carbocycles. The van der Waals surface area contributed by atoms with Gasteiger partial charge in [0, 0.05) is 5.54 Å². The Kier molecular flexibility index (Phi) is 4.25. The maximum absolute atomic E-state index is 6.66. The molecule has 0 aliphatic rings. The van der Waals surface area contributed by atoms with Crippen molar-refractivity contribution in [1.29, 1.82) is 0 Å². The number of aryl methyl sites for hydroxylation is 5. The molecule has 0 aliphatic heterocycles. The average molecular weight is 281 g/mol. The van der Waals surface area contributed by atoms with E-state index in [9.17, 15) is 0 Å². The summed E-state index contributed by atoms with van der Waals surface area (Å²) < 4.78 is 0. The van der Waals surface area contributed by atoms with Crippen molar-refractivity contribution in [2.75, 3.05) is 0 Å². The number of benzene rings is 2. The number of hydrogen-bond acceptors (Lipinski definition) is 1. The molecule has 0 fully saturated rings. The van der Waals surface area contributed by atoms with Gasteiger partial charge in [0.25, 0.3) is 0 Å². The van der Waals surface area contributed by atoms with Crippen molar-refractivity contribution in [3.63, 3.8) is 0 Å². The van der Waals surface area contributed by atoms with Gasteiger partial charge in [0.2, 0.25) is 0 Å². The molecule has 0 saturated heterocycles. The molecule has 0 amide bonds. The first-order valence-corrected chi connectivity index (χ1v) is 7.64. The van der Waals surface area contributed by atoms with Crippen LogP contribution in [0.15, 0.2) is 30.3 Å². The van der Waals surface area contributed by atoms with E-state index in [1.165, 1.54) is 38.9 Å². The van der Waals surface area contributed by atoms with Crippen molar-refractivity contribution >= 4 is 0 Å². The highest BCUT2D eigenvalue weighted by molar-refractivity contribution is 5.41. The molecule has 0 heterocycles. The van der Waals surface area contributed by atoms with E-state index in [4.69, 9.17) is 5.73 Å². The van der Waals surface area contributed by atoms with Crippen molar-refractivity contribution in [1.82, 2.24) is 0 Å². The summed E-state index contributed by atoms with van der Waals surface area (Å²) in [7, 11) is 0.